The predicted molar refractivity (Wildman–Crippen MR) is 79.3 cm³/mol. The third-order valence-electron chi connectivity index (χ3n) is 2.88. The summed E-state index contributed by atoms with van der Waals surface area (Å²) in [6.45, 7) is 1.96. The highest BCUT2D eigenvalue weighted by Crippen LogP contribution is 2.26. The molecule has 0 atom stereocenters. The normalized spacial score (nSPS) is 10.7. The van der Waals surface area contributed by atoms with Gasteiger partial charge in [0, 0.05) is 21.8 Å². The molecule has 0 radical (unpaired) electrons. The molecule has 0 aliphatic rings. The molecular formula is C15H12ClN3O. The molecule has 0 saturated heterocycles. The molecule has 5 heteroatoms. The minimum absolute atomic E-state index is 0.447. The Morgan fingerprint density at radius 2 is 1.80 bits per heavy atom. The van der Waals surface area contributed by atoms with Crippen molar-refractivity contribution in [2.24, 2.45) is 0 Å². The monoisotopic (exact) mass is 285 g/mol. The SMILES string of the molecule is Cc1cc(Cl)cc(-c2nc(-c3ccc(N)cc3)no2)c1. The Kier molecular flexibility index (Phi) is 3.16. The number of nitrogens with two attached hydrogens (primary N) is 1. The summed E-state index contributed by atoms with van der Waals surface area (Å²) < 4.78 is 5.29. The molecule has 2 aromatic carbocycles. The molecule has 0 aliphatic heterocycles. The van der Waals surface area contributed by atoms with Gasteiger partial charge in [0.2, 0.25) is 5.82 Å². The second-order valence-electron chi connectivity index (χ2n) is 4.56. The predicted octanol–water partition coefficient (Wildman–Crippen LogP) is 3.95. The molecule has 1 aromatic heterocycles. The molecule has 3 aromatic rings. The fourth-order valence-electron chi connectivity index (χ4n) is 1.95. The summed E-state index contributed by atoms with van der Waals surface area (Å²) in [5, 5.41) is 4.63. The topological polar surface area (TPSA) is 64.9 Å². The van der Waals surface area contributed by atoms with Crippen molar-refractivity contribution in [3.05, 3.63) is 53.1 Å². The van der Waals surface area contributed by atoms with Gasteiger partial charge in [0.15, 0.2) is 0 Å². The lowest BCUT2D eigenvalue weighted by Gasteiger charge is -1.98. The zero-order valence-electron chi connectivity index (χ0n) is 10.8. The van der Waals surface area contributed by atoms with Gasteiger partial charge >= 0.3 is 0 Å². The van der Waals surface area contributed by atoms with Crippen molar-refractivity contribution in [2.45, 2.75) is 6.92 Å². The van der Waals surface area contributed by atoms with Crippen molar-refractivity contribution in [1.29, 1.82) is 0 Å². The number of aryl methyl sites for hydroxylation is 1. The van der Waals surface area contributed by atoms with Gasteiger partial charge in [-0.1, -0.05) is 16.8 Å². The van der Waals surface area contributed by atoms with Crippen LogP contribution in [0.15, 0.2) is 47.0 Å². The van der Waals surface area contributed by atoms with E-state index >= 15 is 0 Å². The highest BCUT2D eigenvalue weighted by Gasteiger charge is 2.11. The zero-order chi connectivity index (χ0) is 14.1. The van der Waals surface area contributed by atoms with Crippen LogP contribution in [-0.2, 0) is 0 Å². The second kappa shape index (κ2) is 4.98. The summed E-state index contributed by atoms with van der Waals surface area (Å²) in [7, 11) is 0. The van der Waals surface area contributed by atoms with E-state index in [9.17, 15) is 0 Å². The van der Waals surface area contributed by atoms with Gasteiger partial charge < -0.3 is 10.3 Å². The average molecular weight is 286 g/mol. The van der Waals surface area contributed by atoms with Crippen LogP contribution in [0.4, 0.5) is 5.69 Å². The maximum Gasteiger partial charge on any atom is 0.258 e. The number of hydrogen-bond acceptors (Lipinski definition) is 4. The third-order valence-corrected chi connectivity index (χ3v) is 3.10. The molecular weight excluding hydrogens is 274 g/mol. The van der Waals surface area contributed by atoms with Gasteiger partial charge in [-0.25, -0.2) is 0 Å². The molecule has 1 heterocycles. The minimum Gasteiger partial charge on any atom is -0.399 e. The lowest BCUT2D eigenvalue weighted by atomic mass is 10.1. The van der Waals surface area contributed by atoms with Crippen molar-refractivity contribution in [2.75, 3.05) is 5.73 Å². The smallest absolute Gasteiger partial charge is 0.258 e. The van der Waals surface area contributed by atoms with Crippen molar-refractivity contribution >= 4 is 17.3 Å². The van der Waals surface area contributed by atoms with Crippen LogP contribution in [0, 0.1) is 6.92 Å². The van der Waals surface area contributed by atoms with Crippen molar-refractivity contribution in [1.82, 2.24) is 10.1 Å². The highest BCUT2D eigenvalue weighted by molar-refractivity contribution is 6.30. The summed E-state index contributed by atoms with van der Waals surface area (Å²) >= 11 is 6.04. The minimum atomic E-state index is 0.447. The lowest BCUT2D eigenvalue weighted by molar-refractivity contribution is 0.432. The van der Waals surface area contributed by atoms with Gasteiger partial charge in [0.1, 0.15) is 0 Å². The van der Waals surface area contributed by atoms with Crippen LogP contribution in [0.25, 0.3) is 22.8 Å². The summed E-state index contributed by atoms with van der Waals surface area (Å²) in [5.41, 5.74) is 9.06. The van der Waals surface area contributed by atoms with Crippen LogP contribution in [0.1, 0.15) is 5.56 Å². The first-order valence-corrected chi connectivity index (χ1v) is 6.47. The number of nitrogen functional groups attached to an aromatic ring is 1. The number of halogens is 1. The average Bonchev–Trinajstić information content (AvgIpc) is 2.88. The molecule has 0 spiro atoms. The Hall–Kier alpha value is -2.33. The van der Waals surface area contributed by atoms with E-state index in [1.165, 1.54) is 0 Å². The molecule has 20 heavy (non-hydrogen) atoms. The van der Waals surface area contributed by atoms with Crippen molar-refractivity contribution < 1.29 is 4.52 Å². The number of anilines is 1. The molecule has 0 fully saturated rings. The van der Waals surface area contributed by atoms with Crippen LogP contribution in [0.2, 0.25) is 5.02 Å². The number of nitrogens with zero attached hydrogens (tertiary/aromatic N) is 2. The molecule has 0 unspecified atom stereocenters. The van der Waals surface area contributed by atoms with E-state index in [4.69, 9.17) is 21.9 Å². The van der Waals surface area contributed by atoms with Gasteiger partial charge in [0.25, 0.3) is 5.89 Å². The Balaban J connectivity index is 1.99. The van der Waals surface area contributed by atoms with E-state index in [0.717, 1.165) is 16.7 Å². The second-order valence-corrected chi connectivity index (χ2v) is 5.00. The molecule has 0 amide bonds. The molecule has 100 valence electrons. The van der Waals surface area contributed by atoms with Gasteiger partial charge in [-0.3, -0.25) is 0 Å². The Morgan fingerprint density at radius 1 is 1.05 bits per heavy atom. The largest absolute Gasteiger partial charge is 0.399 e. The van der Waals surface area contributed by atoms with Crippen LogP contribution in [0.3, 0.4) is 0 Å². The summed E-state index contributed by atoms with van der Waals surface area (Å²) in [5.74, 6) is 0.972. The standard InChI is InChI=1S/C15H12ClN3O/c1-9-6-11(8-12(16)7-9)15-18-14(19-20-15)10-2-4-13(17)5-3-10/h2-8H,17H2,1H3. The number of hydrogen-bond donors (Lipinski definition) is 1. The van der Waals surface area contributed by atoms with Gasteiger partial charge in [0.05, 0.1) is 0 Å². The van der Waals surface area contributed by atoms with Crippen molar-refractivity contribution in [3.8, 4) is 22.8 Å². The number of aromatic nitrogens is 2. The highest BCUT2D eigenvalue weighted by atomic mass is 35.5. The van der Waals surface area contributed by atoms with Crippen LogP contribution in [-0.4, -0.2) is 10.1 Å². The van der Waals surface area contributed by atoms with E-state index < -0.39 is 0 Å². The van der Waals surface area contributed by atoms with Crippen LogP contribution in [0.5, 0.6) is 0 Å². The first-order valence-electron chi connectivity index (χ1n) is 6.09. The molecule has 3 rings (SSSR count). The fraction of sp³-hybridized carbons (Fsp3) is 0.0667. The summed E-state index contributed by atoms with van der Waals surface area (Å²) in [6, 6.07) is 12.9. The molecule has 0 bridgehead atoms. The number of rotatable bonds is 2. The van der Waals surface area contributed by atoms with E-state index in [0.29, 0.717) is 22.4 Å². The van der Waals surface area contributed by atoms with Crippen molar-refractivity contribution in [3.63, 3.8) is 0 Å². The fourth-order valence-corrected chi connectivity index (χ4v) is 2.24. The lowest BCUT2D eigenvalue weighted by Crippen LogP contribution is -1.85. The Labute approximate surface area is 121 Å². The van der Waals surface area contributed by atoms with Gasteiger partial charge in [-0.15, -0.1) is 0 Å². The van der Waals surface area contributed by atoms with E-state index in [1.54, 1.807) is 18.2 Å². The Morgan fingerprint density at radius 3 is 2.50 bits per heavy atom. The van der Waals surface area contributed by atoms with Gasteiger partial charge in [-0.05, 0) is 55.0 Å². The Bertz CT molecular complexity index is 730. The summed E-state index contributed by atoms with van der Waals surface area (Å²) in [4.78, 5) is 4.39. The molecule has 2 N–H and O–H groups in total. The maximum absolute atomic E-state index is 6.04. The maximum atomic E-state index is 6.04. The van der Waals surface area contributed by atoms with Crippen LogP contribution >= 0.6 is 11.6 Å². The van der Waals surface area contributed by atoms with Crippen LogP contribution < -0.4 is 5.73 Å². The number of benzene rings is 2. The third kappa shape index (κ3) is 2.51. The summed E-state index contributed by atoms with van der Waals surface area (Å²) in [6.07, 6.45) is 0. The van der Waals surface area contributed by atoms with E-state index in [1.807, 2.05) is 31.2 Å². The quantitative estimate of drug-likeness (QED) is 0.724. The first-order chi connectivity index (χ1) is 9.61. The zero-order valence-corrected chi connectivity index (χ0v) is 11.6. The molecule has 4 nitrogen and oxygen atoms in total. The van der Waals surface area contributed by atoms with Gasteiger partial charge in [-0.2, -0.15) is 4.98 Å². The molecule has 0 aliphatic carbocycles. The van der Waals surface area contributed by atoms with E-state index in [2.05, 4.69) is 10.1 Å². The molecule has 0 saturated carbocycles. The first kappa shape index (κ1) is 12.7. The van der Waals surface area contributed by atoms with E-state index in [-0.39, 0.29) is 0 Å².